The molecule has 0 amide bonds. The summed E-state index contributed by atoms with van der Waals surface area (Å²) < 4.78 is 0. The zero-order chi connectivity index (χ0) is 14.3. The molecule has 20 heavy (non-hydrogen) atoms. The fourth-order valence-corrected chi connectivity index (χ4v) is 3.11. The summed E-state index contributed by atoms with van der Waals surface area (Å²) >= 11 is 11.8. The van der Waals surface area contributed by atoms with Crippen LogP contribution in [0.2, 0.25) is 10.0 Å². The third-order valence-electron chi connectivity index (χ3n) is 3.98. The molecule has 1 N–H and O–H groups in total. The summed E-state index contributed by atoms with van der Waals surface area (Å²) in [6.07, 6.45) is 0.603. The molecule has 2 nitrogen and oxygen atoms in total. The molecular formula is C16H12Cl2O2. The maximum absolute atomic E-state index is 11.4. The molecular weight excluding hydrogens is 295 g/mol. The maximum atomic E-state index is 11.4. The van der Waals surface area contributed by atoms with Gasteiger partial charge in [-0.3, -0.25) is 4.79 Å². The minimum Gasteiger partial charge on any atom is -0.481 e. The van der Waals surface area contributed by atoms with Crippen molar-refractivity contribution in [1.29, 1.82) is 0 Å². The predicted octanol–water partition coefficient (Wildman–Crippen LogP) is 4.38. The summed E-state index contributed by atoms with van der Waals surface area (Å²) in [5, 5.41) is 10.7. The SMILES string of the molecule is O=C(O)[C@@H]1CC1(c1ccc(Cl)cc1)c1ccc(Cl)cc1. The van der Waals surface area contributed by atoms with Crippen LogP contribution in [0, 0.1) is 5.92 Å². The second-order valence-corrected chi connectivity index (χ2v) is 5.95. The number of hydrogen-bond acceptors (Lipinski definition) is 1. The number of hydrogen-bond donors (Lipinski definition) is 1. The van der Waals surface area contributed by atoms with Crippen LogP contribution >= 0.6 is 23.2 Å². The topological polar surface area (TPSA) is 37.3 Å². The third kappa shape index (κ3) is 2.09. The van der Waals surface area contributed by atoms with Gasteiger partial charge in [-0.1, -0.05) is 47.5 Å². The van der Waals surface area contributed by atoms with Gasteiger partial charge in [0, 0.05) is 15.5 Å². The van der Waals surface area contributed by atoms with E-state index < -0.39 is 17.3 Å². The van der Waals surface area contributed by atoms with E-state index in [0.717, 1.165) is 11.1 Å². The van der Waals surface area contributed by atoms with Gasteiger partial charge in [0.1, 0.15) is 0 Å². The molecule has 0 saturated heterocycles. The van der Waals surface area contributed by atoms with Crippen molar-refractivity contribution in [2.45, 2.75) is 11.8 Å². The second kappa shape index (κ2) is 4.80. The van der Waals surface area contributed by atoms with Crippen molar-refractivity contribution in [1.82, 2.24) is 0 Å². The number of carboxylic acid groups (broad SMARTS) is 1. The number of benzene rings is 2. The highest BCUT2D eigenvalue weighted by Crippen LogP contribution is 2.59. The van der Waals surface area contributed by atoms with Gasteiger partial charge < -0.3 is 5.11 Å². The lowest BCUT2D eigenvalue weighted by molar-refractivity contribution is -0.138. The van der Waals surface area contributed by atoms with E-state index in [1.165, 1.54) is 0 Å². The number of carboxylic acids is 1. The van der Waals surface area contributed by atoms with Crippen LogP contribution in [-0.2, 0) is 10.2 Å². The van der Waals surface area contributed by atoms with Gasteiger partial charge in [0.05, 0.1) is 5.92 Å². The summed E-state index contributed by atoms with van der Waals surface area (Å²) in [4.78, 5) is 11.4. The molecule has 0 aromatic heterocycles. The van der Waals surface area contributed by atoms with Gasteiger partial charge in [0.25, 0.3) is 0 Å². The molecule has 0 bridgehead atoms. The first-order valence-electron chi connectivity index (χ1n) is 6.29. The Hall–Kier alpha value is -1.51. The molecule has 1 aliphatic carbocycles. The van der Waals surface area contributed by atoms with Crippen molar-refractivity contribution in [3.05, 3.63) is 69.7 Å². The average molecular weight is 307 g/mol. The van der Waals surface area contributed by atoms with E-state index >= 15 is 0 Å². The molecule has 3 rings (SSSR count). The Kier molecular flexibility index (Phi) is 3.23. The van der Waals surface area contributed by atoms with Gasteiger partial charge in [0.15, 0.2) is 0 Å². The molecule has 0 spiro atoms. The Morgan fingerprint density at radius 2 is 1.35 bits per heavy atom. The predicted molar refractivity (Wildman–Crippen MR) is 79.4 cm³/mol. The normalized spacial score (nSPS) is 19.6. The summed E-state index contributed by atoms with van der Waals surface area (Å²) in [6.45, 7) is 0. The first kappa shape index (κ1) is 13.5. The lowest BCUT2D eigenvalue weighted by Gasteiger charge is -2.18. The van der Waals surface area contributed by atoms with Crippen LogP contribution in [0.25, 0.3) is 0 Å². The third-order valence-corrected chi connectivity index (χ3v) is 4.48. The van der Waals surface area contributed by atoms with E-state index in [-0.39, 0.29) is 0 Å². The summed E-state index contributed by atoms with van der Waals surface area (Å²) in [5.41, 5.74) is 1.51. The molecule has 2 aromatic rings. The zero-order valence-corrected chi connectivity index (χ0v) is 12.0. The monoisotopic (exact) mass is 306 g/mol. The smallest absolute Gasteiger partial charge is 0.307 e. The molecule has 0 unspecified atom stereocenters. The van der Waals surface area contributed by atoms with E-state index in [2.05, 4.69) is 0 Å². The number of carbonyl (C=O) groups is 1. The summed E-state index contributed by atoms with van der Waals surface area (Å²) in [7, 11) is 0. The van der Waals surface area contributed by atoms with E-state index in [1.54, 1.807) is 24.3 Å². The fourth-order valence-electron chi connectivity index (χ4n) is 2.86. The molecule has 1 aliphatic rings. The maximum Gasteiger partial charge on any atom is 0.307 e. The van der Waals surface area contributed by atoms with Crippen LogP contribution in [0.4, 0.5) is 0 Å². The molecule has 102 valence electrons. The average Bonchev–Trinajstić information content (AvgIpc) is 3.17. The van der Waals surface area contributed by atoms with Gasteiger partial charge in [-0.25, -0.2) is 0 Å². The van der Waals surface area contributed by atoms with Crippen LogP contribution in [0.5, 0.6) is 0 Å². The first-order chi connectivity index (χ1) is 9.54. The largest absolute Gasteiger partial charge is 0.481 e. The molecule has 0 radical (unpaired) electrons. The standard InChI is InChI=1S/C16H12Cl2O2/c17-12-5-1-10(2-6-12)16(9-14(16)15(19)20)11-3-7-13(18)8-4-11/h1-8,14H,9H2,(H,19,20)/t14-/m0/s1. The Balaban J connectivity index is 2.09. The van der Waals surface area contributed by atoms with Crippen LogP contribution in [0.3, 0.4) is 0 Å². The molecule has 0 aliphatic heterocycles. The molecule has 1 saturated carbocycles. The van der Waals surface area contributed by atoms with Crippen molar-refractivity contribution >= 4 is 29.2 Å². The number of halogens is 2. The lowest BCUT2D eigenvalue weighted by atomic mass is 9.86. The Bertz CT molecular complexity index is 602. The molecule has 1 atom stereocenters. The van der Waals surface area contributed by atoms with Gasteiger partial charge in [-0.15, -0.1) is 0 Å². The van der Waals surface area contributed by atoms with Crippen molar-refractivity contribution in [3.63, 3.8) is 0 Å². The minimum atomic E-state index is -0.769. The molecule has 0 heterocycles. The minimum absolute atomic E-state index is 0.398. The molecule has 4 heteroatoms. The quantitative estimate of drug-likeness (QED) is 0.913. The van der Waals surface area contributed by atoms with Crippen molar-refractivity contribution in [2.75, 3.05) is 0 Å². The molecule has 1 fully saturated rings. The van der Waals surface area contributed by atoms with Gasteiger partial charge in [-0.2, -0.15) is 0 Å². The first-order valence-corrected chi connectivity index (χ1v) is 7.04. The zero-order valence-electron chi connectivity index (χ0n) is 10.5. The Morgan fingerprint density at radius 3 is 1.65 bits per heavy atom. The van der Waals surface area contributed by atoms with Crippen LogP contribution in [0.1, 0.15) is 17.5 Å². The van der Waals surface area contributed by atoms with Crippen molar-refractivity contribution in [2.24, 2.45) is 5.92 Å². The van der Waals surface area contributed by atoms with E-state index in [0.29, 0.717) is 16.5 Å². The lowest BCUT2D eigenvalue weighted by Crippen LogP contribution is -2.16. The van der Waals surface area contributed by atoms with Gasteiger partial charge in [0.2, 0.25) is 0 Å². The fraction of sp³-hybridized carbons (Fsp3) is 0.188. The van der Waals surface area contributed by atoms with E-state index in [9.17, 15) is 9.90 Å². The van der Waals surface area contributed by atoms with Crippen LogP contribution in [-0.4, -0.2) is 11.1 Å². The summed E-state index contributed by atoms with van der Waals surface area (Å²) in [5.74, 6) is -1.17. The van der Waals surface area contributed by atoms with Crippen LogP contribution in [0.15, 0.2) is 48.5 Å². The number of aliphatic carboxylic acids is 1. The van der Waals surface area contributed by atoms with Crippen molar-refractivity contribution < 1.29 is 9.90 Å². The van der Waals surface area contributed by atoms with Crippen molar-refractivity contribution in [3.8, 4) is 0 Å². The molecule has 2 aromatic carbocycles. The summed E-state index contributed by atoms with van der Waals surface area (Å²) in [6, 6.07) is 14.8. The highest BCUT2D eigenvalue weighted by Gasteiger charge is 2.60. The van der Waals surface area contributed by atoms with Gasteiger partial charge in [-0.05, 0) is 41.8 Å². The highest BCUT2D eigenvalue weighted by atomic mass is 35.5. The van der Waals surface area contributed by atoms with E-state index in [1.807, 2.05) is 24.3 Å². The number of rotatable bonds is 3. The second-order valence-electron chi connectivity index (χ2n) is 5.08. The van der Waals surface area contributed by atoms with E-state index in [4.69, 9.17) is 23.2 Å². The Labute approximate surface area is 127 Å². The Morgan fingerprint density at radius 1 is 0.950 bits per heavy atom. The highest BCUT2D eigenvalue weighted by molar-refractivity contribution is 6.30. The van der Waals surface area contributed by atoms with Crippen LogP contribution < -0.4 is 0 Å². The van der Waals surface area contributed by atoms with Gasteiger partial charge >= 0.3 is 5.97 Å².